The fourth-order valence-electron chi connectivity index (χ4n) is 2.12. The van der Waals surface area contributed by atoms with Gasteiger partial charge in [0.15, 0.2) is 0 Å². The number of halogens is 1. The lowest BCUT2D eigenvalue weighted by Crippen LogP contribution is -2.11. The number of rotatable bonds is 2. The molecule has 0 saturated carbocycles. The summed E-state index contributed by atoms with van der Waals surface area (Å²) in [7, 11) is 0. The molecule has 0 aliphatic heterocycles. The molecule has 0 fully saturated rings. The van der Waals surface area contributed by atoms with Crippen molar-refractivity contribution in [1.29, 1.82) is 0 Å². The molecule has 1 heterocycles. The zero-order chi connectivity index (χ0) is 14.1. The van der Waals surface area contributed by atoms with Crippen molar-refractivity contribution in [2.24, 2.45) is 0 Å². The Morgan fingerprint density at radius 3 is 2.80 bits per heavy atom. The summed E-state index contributed by atoms with van der Waals surface area (Å²) in [4.78, 5) is 15.2. The molecule has 2 aromatic carbocycles. The first-order valence-corrected chi connectivity index (χ1v) is 6.28. The molecule has 0 atom stereocenters. The molecule has 0 unspecified atom stereocenters. The van der Waals surface area contributed by atoms with Crippen molar-refractivity contribution in [2.45, 2.75) is 6.92 Å². The maximum atomic E-state index is 13.2. The smallest absolute Gasteiger partial charge is 0.255 e. The molecule has 0 aliphatic rings. The second kappa shape index (κ2) is 4.81. The van der Waals surface area contributed by atoms with E-state index in [2.05, 4.69) is 10.3 Å². The van der Waals surface area contributed by atoms with Gasteiger partial charge in [0.25, 0.3) is 5.91 Å². The number of fused-ring (bicyclic) bond motifs is 1. The van der Waals surface area contributed by atoms with Gasteiger partial charge in [-0.05, 0) is 55.0 Å². The van der Waals surface area contributed by atoms with E-state index in [9.17, 15) is 9.18 Å². The zero-order valence-corrected chi connectivity index (χ0v) is 10.9. The van der Waals surface area contributed by atoms with E-state index in [4.69, 9.17) is 0 Å². The third-order valence-electron chi connectivity index (χ3n) is 3.23. The molecule has 1 aromatic heterocycles. The topological polar surface area (TPSA) is 44.9 Å². The molecule has 2 N–H and O–H groups in total. The lowest BCUT2D eigenvalue weighted by atomic mass is 10.1. The predicted octanol–water partition coefficient (Wildman–Crippen LogP) is 3.87. The number of hydrogen-bond donors (Lipinski definition) is 2. The van der Waals surface area contributed by atoms with Crippen molar-refractivity contribution in [3.05, 3.63) is 65.6 Å². The average molecular weight is 268 g/mol. The van der Waals surface area contributed by atoms with Crippen LogP contribution in [0.15, 0.2) is 48.7 Å². The molecule has 4 heteroatoms. The van der Waals surface area contributed by atoms with E-state index in [1.807, 2.05) is 24.4 Å². The maximum absolute atomic E-state index is 13.2. The summed E-state index contributed by atoms with van der Waals surface area (Å²) in [5.74, 6) is -0.490. The van der Waals surface area contributed by atoms with Gasteiger partial charge in [0.05, 0.1) is 0 Å². The highest BCUT2D eigenvalue weighted by Crippen LogP contribution is 2.17. The first-order chi connectivity index (χ1) is 9.63. The first kappa shape index (κ1) is 12.4. The van der Waals surface area contributed by atoms with Crippen LogP contribution >= 0.6 is 0 Å². The molecule has 100 valence electrons. The number of benzene rings is 2. The van der Waals surface area contributed by atoms with Crippen LogP contribution in [0.4, 0.5) is 10.1 Å². The second-order valence-electron chi connectivity index (χ2n) is 4.70. The highest BCUT2D eigenvalue weighted by Gasteiger charge is 2.08. The van der Waals surface area contributed by atoms with Gasteiger partial charge in [-0.25, -0.2) is 4.39 Å². The molecule has 0 spiro atoms. The van der Waals surface area contributed by atoms with Crippen LogP contribution in [-0.4, -0.2) is 10.9 Å². The second-order valence-corrected chi connectivity index (χ2v) is 4.70. The van der Waals surface area contributed by atoms with Crippen molar-refractivity contribution in [3.63, 3.8) is 0 Å². The van der Waals surface area contributed by atoms with Crippen LogP contribution in [0.25, 0.3) is 10.9 Å². The summed E-state index contributed by atoms with van der Waals surface area (Å²) in [6.07, 6.45) is 1.83. The van der Waals surface area contributed by atoms with E-state index >= 15 is 0 Å². The quantitative estimate of drug-likeness (QED) is 0.728. The summed E-state index contributed by atoms with van der Waals surface area (Å²) in [5.41, 5.74) is 2.64. The predicted molar refractivity (Wildman–Crippen MR) is 77.4 cm³/mol. The van der Waals surface area contributed by atoms with E-state index < -0.39 is 0 Å². The fraction of sp³-hybridized carbons (Fsp3) is 0.0625. The maximum Gasteiger partial charge on any atom is 0.255 e. The first-order valence-electron chi connectivity index (χ1n) is 6.28. The van der Waals surface area contributed by atoms with Crippen molar-refractivity contribution in [2.75, 3.05) is 5.32 Å². The third kappa shape index (κ3) is 2.28. The third-order valence-corrected chi connectivity index (χ3v) is 3.23. The molecule has 1 amide bonds. The summed E-state index contributed by atoms with van der Waals surface area (Å²) in [6, 6.07) is 11.9. The van der Waals surface area contributed by atoms with Gasteiger partial charge in [-0.1, -0.05) is 0 Å². The Hall–Kier alpha value is -2.62. The van der Waals surface area contributed by atoms with Crippen LogP contribution in [0.3, 0.4) is 0 Å². The highest BCUT2D eigenvalue weighted by molar-refractivity contribution is 6.06. The number of aromatic nitrogens is 1. The van der Waals surface area contributed by atoms with E-state index in [0.29, 0.717) is 16.8 Å². The monoisotopic (exact) mass is 268 g/mol. The van der Waals surface area contributed by atoms with E-state index in [1.165, 1.54) is 6.07 Å². The SMILES string of the molecule is Cc1cc(NC(=O)c2ccc3[nH]ccc3c2)ccc1F. The Morgan fingerprint density at radius 1 is 1.15 bits per heavy atom. The minimum atomic E-state index is -0.281. The normalized spacial score (nSPS) is 10.7. The number of amides is 1. The number of H-pyrrole nitrogens is 1. The van der Waals surface area contributed by atoms with Crippen LogP contribution in [0.5, 0.6) is 0 Å². The lowest BCUT2D eigenvalue weighted by Gasteiger charge is -2.07. The van der Waals surface area contributed by atoms with Gasteiger partial charge >= 0.3 is 0 Å². The minimum Gasteiger partial charge on any atom is -0.361 e. The number of hydrogen-bond acceptors (Lipinski definition) is 1. The van der Waals surface area contributed by atoms with Gasteiger partial charge in [-0.2, -0.15) is 0 Å². The Balaban J connectivity index is 1.86. The Labute approximate surface area is 115 Å². The molecular formula is C16H13FN2O. The van der Waals surface area contributed by atoms with E-state index in [1.54, 1.807) is 25.1 Å². The molecule has 0 radical (unpaired) electrons. The number of anilines is 1. The van der Waals surface area contributed by atoms with Crippen LogP contribution in [0.2, 0.25) is 0 Å². The standard InChI is InChI=1S/C16H13FN2O/c1-10-8-13(3-4-14(10)17)19-16(20)12-2-5-15-11(9-12)6-7-18-15/h2-9,18H,1H3,(H,19,20). The largest absolute Gasteiger partial charge is 0.361 e. The molecule has 20 heavy (non-hydrogen) atoms. The number of nitrogens with one attached hydrogen (secondary N) is 2. The van der Waals surface area contributed by atoms with Gasteiger partial charge in [-0.15, -0.1) is 0 Å². The molecule has 3 aromatic rings. The van der Waals surface area contributed by atoms with Gasteiger partial charge in [0.2, 0.25) is 0 Å². The van der Waals surface area contributed by atoms with Crippen molar-refractivity contribution in [1.82, 2.24) is 4.98 Å². The number of aryl methyl sites for hydroxylation is 1. The molecular weight excluding hydrogens is 255 g/mol. The summed E-state index contributed by atoms with van der Waals surface area (Å²) >= 11 is 0. The van der Waals surface area contributed by atoms with Crippen LogP contribution in [-0.2, 0) is 0 Å². The van der Waals surface area contributed by atoms with Gasteiger partial charge in [0, 0.05) is 28.4 Å². The zero-order valence-electron chi connectivity index (χ0n) is 10.9. The van der Waals surface area contributed by atoms with Crippen molar-refractivity contribution >= 4 is 22.5 Å². The Morgan fingerprint density at radius 2 is 2.00 bits per heavy atom. The number of carbonyl (C=O) groups is 1. The highest BCUT2D eigenvalue weighted by atomic mass is 19.1. The fourth-order valence-corrected chi connectivity index (χ4v) is 2.12. The Kier molecular flexibility index (Phi) is 2.99. The minimum absolute atomic E-state index is 0.209. The van der Waals surface area contributed by atoms with Crippen molar-refractivity contribution in [3.8, 4) is 0 Å². The van der Waals surface area contributed by atoms with Crippen LogP contribution in [0, 0.1) is 12.7 Å². The van der Waals surface area contributed by atoms with Crippen molar-refractivity contribution < 1.29 is 9.18 Å². The lowest BCUT2D eigenvalue weighted by molar-refractivity contribution is 0.102. The Bertz CT molecular complexity index is 792. The average Bonchev–Trinajstić information content (AvgIpc) is 2.90. The molecule has 0 bridgehead atoms. The van der Waals surface area contributed by atoms with Gasteiger partial charge in [0.1, 0.15) is 5.82 Å². The van der Waals surface area contributed by atoms with E-state index in [0.717, 1.165) is 10.9 Å². The summed E-state index contributed by atoms with van der Waals surface area (Å²) in [5, 5.41) is 3.75. The summed E-state index contributed by atoms with van der Waals surface area (Å²) < 4.78 is 13.2. The number of carbonyl (C=O) groups excluding carboxylic acids is 1. The molecule has 3 rings (SSSR count). The van der Waals surface area contributed by atoms with Gasteiger partial charge < -0.3 is 10.3 Å². The molecule has 0 saturated heterocycles. The molecule has 3 nitrogen and oxygen atoms in total. The van der Waals surface area contributed by atoms with Crippen LogP contribution < -0.4 is 5.32 Å². The summed E-state index contributed by atoms with van der Waals surface area (Å²) in [6.45, 7) is 1.66. The number of aromatic amines is 1. The van der Waals surface area contributed by atoms with Gasteiger partial charge in [-0.3, -0.25) is 4.79 Å². The van der Waals surface area contributed by atoms with E-state index in [-0.39, 0.29) is 11.7 Å². The van der Waals surface area contributed by atoms with Crippen LogP contribution in [0.1, 0.15) is 15.9 Å². The molecule has 0 aliphatic carbocycles.